The van der Waals surface area contributed by atoms with E-state index in [-0.39, 0.29) is 17.4 Å². The van der Waals surface area contributed by atoms with Gasteiger partial charge >= 0.3 is 0 Å². The van der Waals surface area contributed by atoms with Gasteiger partial charge in [-0.25, -0.2) is 4.39 Å². The molecule has 0 amide bonds. The van der Waals surface area contributed by atoms with Crippen LogP contribution in [0.1, 0.15) is 25.5 Å². The monoisotopic (exact) mass is 245 g/mol. The van der Waals surface area contributed by atoms with Crippen LogP contribution in [0.25, 0.3) is 0 Å². The minimum atomic E-state index is -0.500. The lowest BCUT2D eigenvalue weighted by molar-refractivity contribution is 0.471. The van der Waals surface area contributed by atoms with Crippen LogP contribution in [0.3, 0.4) is 0 Å². The van der Waals surface area contributed by atoms with Crippen LogP contribution >= 0.6 is 0 Å². The van der Waals surface area contributed by atoms with Gasteiger partial charge in [-0.05, 0) is 26.0 Å². The van der Waals surface area contributed by atoms with Crippen molar-refractivity contribution in [2.45, 2.75) is 19.9 Å². The van der Waals surface area contributed by atoms with Gasteiger partial charge in [0.2, 0.25) is 0 Å². The summed E-state index contributed by atoms with van der Waals surface area (Å²) in [6, 6.07) is 5.97. The molecular formula is C13H12FN3O. The molecule has 2 aromatic rings. The fourth-order valence-corrected chi connectivity index (χ4v) is 1.48. The Labute approximate surface area is 104 Å². The summed E-state index contributed by atoms with van der Waals surface area (Å²) in [6.07, 6.45) is 3.28. The molecule has 0 saturated carbocycles. The van der Waals surface area contributed by atoms with Crippen LogP contribution < -0.4 is 4.74 Å². The molecule has 1 aromatic carbocycles. The molecule has 0 bridgehead atoms. The molecule has 18 heavy (non-hydrogen) atoms. The molecule has 2 rings (SSSR count). The number of hydrogen-bond donors (Lipinski definition) is 0. The molecule has 92 valence electrons. The molecular weight excluding hydrogens is 233 g/mol. The first-order valence-electron chi connectivity index (χ1n) is 5.51. The van der Waals surface area contributed by atoms with Crippen LogP contribution in [0.2, 0.25) is 0 Å². The number of halogens is 1. The number of ether oxygens (including phenoxy) is 1. The average Bonchev–Trinajstić information content (AvgIpc) is 2.76. The maximum Gasteiger partial charge on any atom is 0.165 e. The predicted molar refractivity (Wildman–Crippen MR) is 63.8 cm³/mol. The Bertz CT molecular complexity index is 599. The zero-order valence-corrected chi connectivity index (χ0v) is 10.1. The summed E-state index contributed by atoms with van der Waals surface area (Å²) < 4.78 is 20.4. The highest BCUT2D eigenvalue weighted by atomic mass is 19.1. The first-order valence-corrected chi connectivity index (χ1v) is 5.51. The SMILES string of the molecule is CC(C)n1cc(Oc2cc(F)cc(C#N)c2)cn1. The quantitative estimate of drug-likeness (QED) is 0.833. The third-order valence-electron chi connectivity index (χ3n) is 2.34. The van der Waals surface area contributed by atoms with Crippen molar-refractivity contribution < 1.29 is 9.13 Å². The summed E-state index contributed by atoms with van der Waals surface area (Å²) in [6.45, 7) is 3.99. The third kappa shape index (κ3) is 2.66. The Balaban J connectivity index is 2.23. The highest BCUT2D eigenvalue weighted by molar-refractivity contribution is 5.38. The maximum atomic E-state index is 13.2. The van der Waals surface area contributed by atoms with Gasteiger partial charge in [-0.1, -0.05) is 0 Å². The van der Waals surface area contributed by atoms with Crippen molar-refractivity contribution >= 4 is 0 Å². The van der Waals surface area contributed by atoms with Gasteiger partial charge in [0, 0.05) is 12.1 Å². The number of nitrogens with zero attached hydrogens (tertiary/aromatic N) is 3. The fourth-order valence-electron chi connectivity index (χ4n) is 1.48. The van der Waals surface area contributed by atoms with Crippen LogP contribution in [0.15, 0.2) is 30.6 Å². The molecule has 0 spiro atoms. The standard InChI is InChI=1S/C13H12FN3O/c1-9(2)17-8-13(7-16-17)18-12-4-10(6-15)3-11(14)5-12/h3-5,7-9H,1-2H3. The summed E-state index contributed by atoms with van der Waals surface area (Å²) in [5.41, 5.74) is 0.223. The lowest BCUT2D eigenvalue weighted by Gasteiger charge is -2.04. The van der Waals surface area contributed by atoms with E-state index in [2.05, 4.69) is 5.10 Å². The molecule has 0 radical (unpaired) electrons. The molecule has 0 saturated heterocycles. The zero-order valence-electron chi connectivity index (χ0n) is 10.1. The van der Waals surface area contributed by atoms with Crippen LogP contribution in [0, 0.1) is 17.1 Å². The molecule has 1 aromatic heterocycles. The van der Waals surface area contributed by atoms with Crippen molar-refractivity contribution in [1.82, 2.24) is 9.78 Å². The van der Waals surface area contributed by atoms with E-state index in [1.54, 1.807) is 17.1 Å². The van der Waals surface area contributed by atoms with E-state index in [1.165, 1.54) is 12.1 Å². The van der Waals surface area contributed by atoms with E-state index in [0.717, 1.165) is 6.07 Å². The Morgan fingerprint density at radius 1 is 1.33 bits per heavy atom. The number of benzene rings is 1. The molecule has 1 heterocycles. The van der Waals surface area contributed by atoms with Crippen molar-refractivity contribution in [3.05, 3.63) is 42.0 Å². The van der Waals surface area contributed by atoms with Crippen molar-refractivity contribution in [1.29, 1.82) is 5.26 Å². The van der Waals surface area contributed by atoms with Gasteiger partial charge in [-0.3, -0.25) is 4.68 Å². The topological polar surface area (TPSA) is 50.8 Å². The van der Waals surface area contributed by atoms with E-state index in [1.807, 2.05) is 19.9 Å². The summed E-state index contributed by atoms with van der Waals surface area (Å²) in [5.74, 6) is 0.299. The second-order valence-corrected chi connectivity index (χ2v) is 4.14. The van der Waals surface area contributed by atoms with Crippen molar-refractivity contribution in [3.8, 4) is 17.6 Å². The van der Waals surface area contributed by atoms with E-state index in [9.17, 15) is 4.39 Å². The number of hydrogen-bond acceptors (Lipinski definition) is 3. The molecule has 0 atom stereocenters. The first kappa shape index (κ1) is 12.1. The van der Waals surface area contributed by atoms with Crippen molar-refractivity contribution in [3.63, 3.8) is 0 Å². The number of nitriles is 1. The second-order valence-electron chi connectivity index (χ2n) is 4.14. The Morgan fingerprint density at radius 3 is 2.72 bits per heavy atom. The maximum absolute atomic E-state index is 13.2. The molecule has 0 aliphatic carbocycles. The van der Waals surface area contributed by atoms with Gasteiger partial charge in [0.05, 0.1) is 24.0 Å². The van der Waals surface area contributed by atoms with Crippen molar-refractivity contribution in [2.75, 3.05) is 0 Å². The summed E-state index contributed by atoms with van der Waals surface area (Å²) >= 11 is 0. The Kier molecular flexibility index (Phi) is 3.28. The minimum Gasteiger partial charge on any atom is -0.454 e. The zero-order chi connectivity index (χ0) is 13.1. The van der Waals surface area contributed by atoms with Crippen LogP contribution in [-0.4, -0.2) is 9.78 Å². The van der Waals surface area contributed by atoms with Gasteiger partial charge in [-0.15, -0.1) is 0 Å². The van der Waals surface area contributed by atoms with E-state index < -0.39 is 5.82 Å². The van der Waals surface area contributed by atoms with Crippen LogP contribution in [0.4, 0.5) is 4.39 Å². The Hall–Kier alpha value is -2.35. The molecule has 5 heteroatoms. The minimum absolute atomic E-state index is 0.223. The average molecular weight is 245 g/mol. The molecule has 0 fully saturated rings. The lowest BCUT2D eigenvalue weighted by atomic mass is 10.2. The molecule has 0 aliphatic rings. The second kappa shape index (κ2) is 4.88. The summed E-state index contributed by atoms with van der Waals surface area (Å²) in [7, 11) is 0. The molecule has 0 unspecified atom stereocenters. The van der Waals surface area contributed by atoms with E-state index in [4.69, 9.17) is 10.00 Å². The lowest BCUT2D eigenvalue weighted by Crippen LogP contribution is -1.99. The van der Waals surface area contributed by atoms with E-state index >= 15 is 0 Å². The smallest absolute Gasteiger partial charge is 0.165 e. The Morgan fingerprint density at radius 2 is 2.11 bits per heavy atom. The summed E-state index contributed by atoms with van der Waals surface area (Å²) in [5, 5.41) is 12.9. The largest absolute Gasteiger partial charge is 0.454 e. The van der Waals surface area contributed by atoms with Gasteiger partial charge in [-0.2, -0.15) is 10.4 Å². The predicted octanol–water partition coefficient (Wildman–Crippen LogP) is 3.27. The van der Waals surface area contributed by atoms with E-state index in [0.29, 0.717) is 5.75 Å². The van der Waals surface area contributed by atoms with Gasteiger partial charge in [0.15, 0.2) is 5.75 Å². The molecule has 0 N–H and O–H groups in total. The van der Waals surface area contributed by atoms with Crippen molar-refractivity contribution in [2.24, 2.45) is 0 Å². The van der Waals surface area contributed by atoms with Gasteiger partial charge in [0.1, 0.15) is 11.6 Å². The van der Waals surface area contributed by atoms with Gasteiger partial charge in [0.25, 0.3) is 0 Å². The third-order valence-corrected chi connectivity index (χ3v) is 2.34. The van der Waals surface area contributed by atoms with Gasteiger partial charge < -0.3 is 4.74 Å². The highest BCUT2D eigenvalue weighted by Crippen LogP contribution is 2.23. The normalized spacial score (nSPS) is 10.4. The van der Waals surface area contributed by atoms with Crippen LogP contribution in [0.5, 0.6) is 11.5 Å². The molecule has 0 aliphatic heterocycles. The highest BCUT2D eigenvalue weighted by Gasteiger charge is 2.06. The number of aromatic nitrogens is 2. The summed E-state index contributed by atoms with van der Waals surface area (Å²) in [4.78, 5) is 0. The van der Waals surface area contributed by atoms with Crippen LogP contribution in [-0.2, 0) is 0 Å². The first-order chi connectivity index (χ1) is 8.58. The molecule has 4 nitrogen and oxygen atoms in total. The number of rotatable bonds is 3. The fraction of sp³-hybridized carbons (Fsp3) is 0.231.